The van der Waals surface area contributed by atoms with E-state index in [0.717, 1.165) is 71.8 Å². The van der Waals surface area contributed by atoms with Crippen molar-refractivity contribution in [3.63, 3.8) is 0 Å². The van der Waals surface area contributed by atoms with Crippen LogP contribution >= 0.6 is 0 Å². The lowest BCUT2D eigenvalue weighted by molar-refractivity contribution is 0.669. The predicted molar refractivity (Wildman–Crippen MR) is 190 cm³/mol. The number of fused-ring (bicyclic) bond motifs is 4. The number of hydrogen-bond donors (Lipinski definition) is 0. The average molecular weight is 603 g/mol. The summed E-state index contributed by atoms with van der Waals surface area (Å²) < 4.78 is 6.42. The molecule has 5 heteroatoms. The topological polar surface area (TPSA) is 64.7 Å². The molecule has 0 N–H and O–H groups in total. The Morgan fingerprint density at radius 1 is 0.383 bits per heavy atom. The van der Waals surface area contributed by atoms with Gasteiger partial charge in [-0.1, -0.05) is 109 Å². The zero-order valence-electron chi connectivity index (χ0n) is 25.2. The Kier molecular flexibility index (Phi) is 6.39. The van der Waals surface area contributed by atoms with Crippen LogP contribution in [-0.4, -0.2) is 19.9 Å². The maximum atomic E-state index is 6.42. The Bertz CT molecular complexity index is 2570. The van der Waals surface area contributed by atoms with Crippen molar-refractivity contribution in [1.29, 1.82) is 0 Å². The van der Waals surface area contributed by atoms with Crippen molar-refractivity contribution in [1.82, 2.24) is 19.9 Å². The third-order valence-electron chi connectivity index (χ3n) is 8.57. The quantitative estimate of drug-likeness (QED) is 0.196. The minimum absolute atomic E-state index is 0.555. The number of para-hydroxylation sites is 2. The Morgan fingerprint density at radius 2 is 1.00 bits per heavy atom. The molecule has 0 unspecified atom stereocenters. The van der Waals surface area contributed by atoms with Gasteiger partial charge in [0.15, 0.2) is 17.5 Å². The van der Waals surface area contributed by atoms with Gasteiger partial charge in [-0.3, -0.25) is 4.98 Å². The van der Waals surface area contributed by atoms with Crippen LogP contribution in [0.5, 0.6) is 0 Å². The highest BCUT2D eigenvalue weighted by molar-refractivity contribution is 6.09. The molecule has 0 aliphatic rings. The van der Waals surface area contributed by atoms with E-state index >= 15 is 0 Å². The van der Waals surface area contributed by atoms with Gasteiger partial charge in [0, 0.05) is 33.5 Å². The van der Waals surface area contributed by atoms with Gasteiger partial charge in [0.05, 0.1) is 11.1 Å². The lowest BCUT2D eigenvalue weighted by atomic mass is 9.94. The first kappa shape index (κ1) is 26.9. The van der Waals surface area contributed by atoms with E-state index < -0.39 is 0 Å². The smallest absolute Gasteiger partial charge is 0.167 e. The normalized spacial score (nSPS) is 11.4. The standard InChI is InChI=1S/C42H26N4O/c1-3-12-27(13-4-1)29-24-30(32-17-10-21-37-33(32)20-11-23-43-37)26-31(25-29)41-44-40(28-14-5-2-6-15-28)45-42(46-41)36-19-9-18-35-34-16-7-8-22-38(34)47-39(35)36/h1-26H. The van der Waals surface area contributed by atoms with Gasteiger partial charge in [-0.15, -0.1) is 0 Å². The average Bonchev–Trinajstić information content (AvgIpc) is 3.54. The molecule has 0 spiro atoms. The Morgan fingerprint density at radius 3 is 1.85 bits per heavy atom. The molecule has 0 saturated heterocycles. The fourth-order valence-corrected chi connectivity index (χ4v) is 6.33. The van der Waals surface area contributed by atoms with Crippen LogP contribution in [0.4, 0.5) is 0 Å². The number of rotatable bonds is 5. The molecule has 6 aromatic carbocycles. The molecule has 0 atom stereocenters. The largest absolute Gasteiger partial charge is 0.455 e. The predicted octanol–water partition coefficient (Wildman–Crippen LogP) is 10.7. The fraction of sp³-hybridized carbons (Fsp3) is 0. The van der Waals surface area contributed by atoms with E-state index in [1.54, 1.807) is 0 Å². The summed E-state index contributed by atoms with van der Waals surface area (Å²) in [4.78, 5) is 19.9. The van der Waals surface area contributed by atoms with Gasteiger partial charge in [0.1, 0.15) is 11.2 Å². The molecule has 0 fully saturated rings. The Hall–Kier alpha value is -6.46. The van der Waals surface area contributed by atoms with Crippen LogP contribution in [-0.2, 0) is 0 Å². The number of aromatic nitrogens is 4. The van der Waals surface area contributed by atoms with Crippen LogP contribution < -0.4 is 0 Å². The highest BCUT2D eigenvalue weighted by Crippen LogP contribution is 2.38. The molecular weight excluding hydrogens is 576 g/mol. The van der Waals surface area contributed by atoms with Gasteiger partial charge in [-0.05, 0) is 64.7 Å². The van der Waals surface area contributed by atoms with Crippen LogP contribution in [0.3, 0.4) is 0 Å². The van der Waals surface area contributed by atoms with Gasteiger partial charge in [0.25, 0.3) is 0 Å². The van der Waals surface area contributed by atoms with Gasteiger partial charge >= 0.3 is 0 Å². The molecule has 0 aliphatic heterocycles. The highest BCUT2D eigenvalue weighted by Gasteiger charge is 2.19. The third kappa shape index (κ3) is 4.82. The van der Waals surface area contributed by atoms with Crippen LogP contribution in [0.15, 0.2) is 162 Å². The summed E-state index contributed by atoms with van der Waals surface area (Å²) in [6.07, 6.45) is 1.83. The second kappa shape index (κ2) is 11.2. The molecule has 5 nitrogen and oxygen atoms in total. The maximum absolute atomic E-state index is 6.42. The molecule has 47 heavy (non-hydrogen) atoms. The summed E-state index contributed by atoms with van der Waals surface area (Å²) in [5.41, 5.74) is 9.49. The first-order chi connectivity index (χ1) is 23.3. The van der Waals surface area contributed by atoms with Crippen molar-refractivity contribution in [2.75, 3.05) is 0 Å². The minimum atomic E-state index is 0.555. The lowest BCUT2D eigenvalue weighted by Crippen LogP contribution is -2.01. The first-order valence-corrected chi connectivity index (χ1v) is 15.6. The highest BCUT2D eigenvalue weighted by atomic mass is 16.3. The van der Waals surface area contributed by atoms with Crippen molar-refractivity contribution in [2.45, 2.75) is 0 Å². The molecule has 9 rings (SSSR count). The van der Waals surface area contributed by atoms with Crippen LogP contribution in [0.1, 0.15) is 0 Å². The molecule has 0 radical (unpaired) electrons. The van der Waals surface area contributed by atoms with Gasteiger partial charge < -0.3 is 4.42 Å². The monoisotopic (exact) mass is 602 g/mol. The second-order valence-corrected chi connectivity index (χ2v) is 11.5. The van der Waals surface area contributed by atoms with Crippen molar-refractivity contribution in [3.05, 3.63) is 158 Å². The van der Waals surface area contributed by atoms with E-state index in [2.05, 4.69) is 77.8 Å². The Balaban J connectivity index is 1.31. The molecule has 9 aromatic rings. The zero-order valence-corrected chi connectivity index (χ0v) is 25.2. The summed E-state index contributed by atoms with van der Waals surface area (Å²) in [5, 5.41) is 3.18. The van der Waals surface area contributed by atoms with Crippen molar-refractivity contribution in [2.24, 2.45) is 0 Å². The van der Waals surface area contributed by atoms with Gasteiger partial charge in [-0.2, -0.15) is 0 Å². The molecular formula is C42H26N4O. The minimum Gasteiger partial charge on any atom is -0.455 e. The van der Waals surface area contributed by atoms with E-state index in [0.29, 0.717) is 17.5 Å². The van der Waals surface area contributed by atoms with Crippen LogP contribution in [0.2, 0.25) is 0 Å². The summed E-state index contributed by atoms with van der Waals surface area (Å²) in [5.74, 6) is 1.73. The number of pyridine rings is 1. The van der Waals surface area contributed by atoms with E-state index in [1.807, 2.05) is 85.1 Å². The van der Waals surface area contributed by atoms with Gasteiger partial charge in [0.2, 0.25) is 0 Å². The summed E-state index contributed by atoms with van der Waals surface area (Å²) in [7, 11) is 0. The third-order valence-corrected chi connectivity index (χ3v) is 8.57. The summed E-state index contributed by atoms with van der Waals surface area (Å²) in [6, 6.07) is 51.6. The molecule has 3 heterocycles. The number of hydrogen-bond acceptors (Lipinski definition) is 5. The van der Waals surface area contributed by atoms with Crippen molar-refractivity contribution < 1.29 is 4.42 Å². The van der Waals surface area contributed by atoms with Crippen LogP contribution in [0, 0.1) is 0 Å². The SMILES string of the molecule is c1ccc(-c2cc(-c3nc(-c4ccccc4)nc(-c4cccc5c4oc4ccccc45)n3)cc(-c3cccc4ncccc34)c2)cc1. The summed E-state index contributed by atoms with van der Waals surface area (Å²) in [6.45, 7) is 0. The second-order valence-electron chi connectivity index (χ2n) is 11.5. The van der Waals surface area contributed by atoms with E-state index in [9.17, 15) is 0 Å². The van der Waals surface area contributed by atoms with E-state index in [1.165, 1.54) is 0 Å². The molecule has 0 bridgehead atoms. The van der Waals surface area contributed by atoms with Gasteiger partial charge in [-0.25, -0.2) is 15.0 Å². The number of furan rings is 1. The Labute approximate surface area is 270 Å². The first-order valence-electron chi connectivity index (χ1n) is 15.6. The fourth-order valence-electron chi connectivity index (χ4n) is 6.33. The molecule has 0 aliphatic carbocycles. The zero-order chi connectivity index (χ0) is 31.2. The number of benzene rings is 6. The lowest BCUT2D eigenvalue weighted by Gasteiger charge is -2.13. The molecule has 0 amide bonds. The van der Waals surface area contributed by atoms with Crippen LogP contribution in [0.25, 0.3) is 89.3 Å². The number of nitrogens with zero attached hydrogens (tertiary/aromatic N) is 4. The maximum Gasteiger partial charge on any atom is 0.167 e. The molecule has 3 aromatic heterocycles. The summed E-state index contributed by atoms with van der Waals surface area (Å²) >= 11 is 0. The van der Waals surface area contributed by atoms with Crippen molar-refractivity contribution in [3.8, 4) is 56.4 Å². The van der Waals surface area contributed by atoms with E-state index in [4.69, 9.17) is 19.4 Å². The van der Waals surface area contributed by atoms with Crippen molar-refractivity contribution >= 4 is 32.8 Å². The van der Waals surface area contributed by atoms with E-state index in [-0.39, 0.29) is 0 Å². The molecule has 0 saturated carbocycles. The molecule has 220 valence electrons.